The van der Waals surface area contributed by atoms with Crippen molar-refractivity contribution in [3.05, 3.63) is 58.7 Å². The van der Waals surface area contributed by atoms with Gasteiger partial charge < -0.3 is 9.97 Å². The van der Waals surface area contributed by atoms with Gasteiger partial charge >= 0.3 is 0 Å². The molecule has 0 atom stereocenters. The number of carbonyl (C=O) groups excluding carboxylic acids is 1. The van der Waals surface area contributed by atoms with Crippen molar-refractivity contribution in [2.75, 3.05) is 5.32 Å². The zero-order valence-electron chi connectivity index (χ0n) is 11.4. The maximum absolute atomic E-state index is 12.4. The van der Waals surface area contributed by atoms with Crippen LogP contribution in [0.25, 0.3) is 21.9 Å². The third-order valence-corrected chi connectivity index (χ3v) is 4.31. The summed E-state index contributed by atoms with van der Waals surface area (Å²) in [6, 6.07) is 15.4. The van der Waals surface area contributed by atoms with Crippen molar-refractivity contribution in [2.45, 2.75) is 0 Å². The molecular weight excluding hydrogens is 344 g/mol. The summed E-state index contributed by atoms with van der Waals surface area (Å²) < 4.78 is 0.747. The van der Waals surface area contributed by atoms with E-state index in [-0.39, 0.29) is 5.91 Å². The number of aromatic nitrogens is 3. The highest BCUT2D eigenvalue weighted by atomic mass is 79.9. The fourth-order valence-corrected chi connectivity index (χ4v) is 3.07. The van der Waals surface area contributed by atoms with Crippen molar-refractivity contribution >= 4 is 49.7 Å². The first-order chi connectivity index (χ1) is 10.7. The zero-order valence-corrected chi connectivity index (χ0v) is 12.9. The molecule has 1 amide bonds. The Balaban J connectivity index is 1.69. The first-order valence-electron chi connectivity index (χ1n) is 6.75. The molecular formula is C16H11BrN4O. The van der Waals surface area contributed by atoms with E-state index < -0.39 is 0 Å². The molecule has 0 radical (unpaired) electrons. The van der Waals surface area contributed by atoms with Crippen LogP contribution >= 0.6 is 15.9 Å². The number of imidazole rings is 1. The lowest BCUT2D eigenvalue weighted by atomic mass is 10.2. The second-order valence-corrected chi connectivity index (χ2v) is 5.71. The Labute approximate surface area is 133 Å². The molecule has 4 rings (SSSR count). The smallest absolute Gasteiger partial charge is 0.275 e. The van der Waals surface area contributed by atoms with Crippen molar-refractivity contribution in [2.24, 2.45) is 0 Å². The van der Waals surface area contributed by atoms with E-state index in [2.05, 4.69) is 36.2 Å². The SMILES string of the molecule is O=C(Nc1nc2ccccc2[nH]1)c1[nH]c2ccccc2c1Br. The van der Waals surface area contributed by atoms with E-state index in [9.17, 15) is 4.79 Å². The average molecular weight is 355 g/mol. The van der Waals surface area contributed by atoms with Gasteiger partial charge in [-0.15, -0.1) is 0 Å². The van der Waals surface area contributed by atoms with Gasteiger partial charge in [0.15, 0.2) is 0 Å². The Morgan fingerprint density at radius 2 is 1.73 bits per heavy atom. The Bertz CT molecular complexity index is 969. The molecule has 4 aromatic rings. The number of para-hydroxylation sites is 3. The summed E-state index contributed by atoms with van der Waals surface area (Å²) >= 11 is 3.48. The van der Waals surface area contributed by atoms with Crippen molar-refractivity contribution < 1.29 is 4.79 Å². The van der Waals surface area contributed by atoms with Gasteiger partial charge in [-0.2, -0.15) is 0 Å². The fourth-order valence-electron chi connectivity index (χ4n) is 2.45. The number of nitrogens with one attached hydrogen (secondary N) is 3. The molecule has 108 valence electrons. The second-order valence-electron chi connectivity index (χ2n) is 4.92. The van der Waals surface area contributed by atoms with Gasteiger partial charge in [0.2, 0.25) is 5.95 Å². The minimum absolute atomic E-state index is 0.248. The normalized spacial score (nSPS) is 11.1. The van der Waals surface area contributed by atoms with Crippen LogP contribution in [-0.2, 0) is 0 Å². The first-order valence-corrected chi connectivity index (χ1v) is 7.54. The summed E-state index contributed by atoms with van der Waals surface area (Å²) in [5, 5.41) is 3.75. The summed E-state index contributed by atoms with van der Waals surface area (Å²) in [4.78, 5) is 23.0. The fraction of sp³-hybridized carbons (Fsp3) is 0. The van der Waals surface area contributed by atoms with E-state index in [0.29, 0.717) is 11.6 Å². The lowest BCUT2D eigenvalue weighted by Gasteiger charge is -1.99. The number of fused-ring (bicyclic) bond motifs is 2. The molecule has 6 heteroatoms. The quantitative estimate of drug-likeness (QED) is 0.507. The average Bonchev–Trinajstić information content (AvgIpc) is 3.08. The predicted octanol–water partition coefficient (Wildman–Crippen LogP) is 4.06. The van der Waals surface area contributed by atoms with E-state index in [1.165, 1.54) is 0 Å². The number of anilines is 1. The first kappa shape index (κ1) is 13.1. The molecule has 0 spiro atoms. The number of hydrogen-bond donors (Lipinski definition) is 3. The van der Waals surface area contributed by atoms with Gasteiger partial charge in [-0.25, -0.2) is 4.98 Å². The van der Waals surface area contributed by atoms with E-state index in [1.54, 1.807) is 0 Å². The number of amides is 1. The molecule has 5 nitrogen and oxygen atoms in total. The molecule has 0 aliphatic heterocycles. The summed E-state index contributed by atoms with van der Waals surface area (Å²) in [6.07, 6.45) is 0. The number of aromatic amines is 2. The van der Waals surface area contributed by atoms with Crippen LogP contribution in [0.2, 0.25) is 0 Å². The minimum Gasteiger partial charge on any atom is -0.350 e. The van der Waals surface area contributed by atoms with Gasteiger partial charge in [0, 0.05) is 10.9 Å². The number of nitrogens with zero attached hydrogens (tertiary/aromatic N) is 1. The van der Waals surface area contributed by atoms with Gasteiger partial charge in [-0.1, -0.05) is 30.3 Å². The van der Waals surface area contributed by atoms with E-state index >= 15 is 0 Å². The molecule has 0 fully saturated rings. The van der Waals surface area contributed by atoms with E-state index in [4.69, 9.17) is 0 Å². The Kier molecular flexibility index (Phi) is 2.97. The molecule has 0 saturated carbocycles. The number of H-pyrrole nitrogens is 2. The molecule has 0 aliphatic rings. The number of rotatable bonds is 2. The summed E-state index contributed by atoms with van der Waals surface area (Å²) in [6.45, 7) is 0. The Morgan fingerprint density at radius 1 is 1.00 bits per heavy atom. The van der Waals surface area contributed by atoms with Crippen LogP contribution in [0.3, 0.4) is 0 Å². The lowest BCUT2D eigenvalue weighted by Crippen LogP contribution is -2.13. The van der Waals surface area contributed by atoms with Crippen molar-refractivity contribution in [1.29, 1.82) is 0 Å². The standard InChI is InChI=1S/C16H11BrN4O/c17-13-9-5-1-2-6-10(9)18-14(13)15(22)21-16-19-11-7-3-4-8-12(11)20-16/h1-8,18H,(H2,19,20,21,22). The largest absolute Gasteiger partial charge is 0.350 e. The van der Waals surface area contributed by atoms with Crippen LogP contribution in [0.5, 0.6) is 0 Å². The summed E-state index contributed by atoms with van der Waals surface area (Å²) in [7, 11) is 0. The summed E-state index contributed by atoms with van der Waals surface area (Å²) in [5.41, 5.74) is 3.08. The molecule has 2 aromatic carbocycles. The molecule has 2 heterocycles. The highest BCUT2D eigenvalue weighted by Crippen LogP contribution is 2.28. The van der Waals surface area contributed by atoms with E-state index in [1.807, 2.05) is 48.5 Å². The van der Waals surface area contributed by atoms with Crippen LogP contribution in [0.4, 0.5) is 5.95 Å². The van der Waals surface area contributed by atoms with Crippen molar-refractivity contribution in [1.82, 2.24) is 15.0 Å². The number of benzene rings is 2. The molecule has 0 saturated heterocycles. The van der Waals surface area contributed by atoms with Crippen LogP contribution in [0.1, 0.15) is 10.5 Å². The van der Waals surface area contributed by atoms with Crippen LogP contribution in [-0.4, -0.2) is 20.9 Å². The predicted molar refractivity (Wildman–Crippen MR) is 90.0 cm³/mol. The summed E-state index contributed by atoms with van der Waals surface area (Å²) in [5.74, 6) is 0.180. The van der Waals surface area contributed by atoms with Crippen molar-refractivity contribution in [3.63, 3.8) is 0 Å². The highest BCUT2D eigenvalue weighted by Gasteiger charge is 2.17. The number of hydrogen-bond acceptors (Lipinski definition) is 2. The maximum Gasteiger partial charge on any atom is 0.275 e. The minimum atomic E-state index is -0.248. The Hall–Kier alpha value is -2.60. The van der Waals surface area contributed by atoms with Crippen molar-refractivity contribution in [3.8, 4) is 0 Å². The van der Waals surface area contributed by atoms with Gasteiger partial charge in [-0.05, 0) is 34.1 Å². The van der Waals surface area contributed by atoms with Gasteiger partial charge in [0.05, 0.1) is 15.5 Å². The van der Waals surface area contributed by atoms with Gasteiger partial charge in [0.1, 0.15) is 5.69 Å². The van der Waals surface area contributed by atoms with Gasteiger partial charge in [-0.3, -0.25) is 10.1 Å². The van der Waals surface area contributed by atoms with E-state index in [0.717, 1.165) is 26.4 Å². The second kappa shape index (κ2) is 4.99. The number of carbonyl (C=O) groups is 1. The lowest BCUT2D eigenvalue weighted by molar-refractivity contribution is 0.102. The van der Waals surface area contributed by atoms with Crippen LogP contribution in [0.15, 0.2) is 53.0 Å². The zero-order chi connectivity index (χ0) is 15.1. The molecule has 2 aromatic heterocycles. The molecule has 0 aliphatic carbocycles. The topological polar surface area (TPSA) is 73.6 Å². The third-order valence-electron chi connectivity index (χ3n) is 3.49. The Morgan fingerprint density at radius 3 is 2.50 bits per heavy atom. The molecule has 0 bridgehead atoms. The maximum atomic E-state index is 12.4. The van der Waals surface area contributed by atoms with Crippen LogP contribution in [0, 0.1) is 0 Å². The monoisotopic (exact) mass is 354 g/mol. The molecule has 0 unspecified atom stereocenters. The highest BCUT2D eigenvalue weighted by molar-refractivity contribution is 9.10. The van der Waals surface area contributed by atoms with Crippen LogP contribution < -0.4 is 5.32 Å². The van der Waals surface area contributed by atoms with Gasteiger partial charge in [0.25, 0.3) is 5.91 Å². The molecule has 3 N–H and O–H groups in total. The molecule has 22 heavy (non-hydrogen) atoms. The number of halogens is 1. The third kappa shape index (κ3) is 2.08.